The molecule has 142 valence electrons. The molecule has 0 saturated carbocycles. The summed E-state index contributed by atoms with van der Waals surface area (Å²) in [4.78, 5) is 26.4. The van der Waals surface area contributed by atoms with Crippen molar-refractivity contribution in [2.45, 2.75) is 29.4 Å². The highest BCUT2D eigenvalue weighted by molar-refractivity contribution is 8.02. The molecule has 2 aromatic rings. The number of hydrogen-bond donors (Lipinski definition) is 1. The van der Waals surface area contributed by atoms with Crippen molar-refractivity contribution in [3.8, 4) is 5.75 Å². The lowest BCUT2D eigenvalue weighted by Gasteiger charge is -2.15. The van der Waals surface area contributed by atoms with Crippen LogP contribution in [0.25, 0.3) is 0 Å². The second kappa shape index (κ2) is 9.01. The van der Waals surface area contributed by atoms with E-state index < -0.39 is 5.25 Å². The number of anilines is 2. The van der Waals surface area contributed by atoms with Crippen LogP contribution in [-0.2, 0) is 9.59 Å². The van der Waals surface area contributed by atoms with Crippen molar-refractivity contribution in [1.29, 1.82) is 0 Å². The van der Waals surface area contributed by atoms with E-state index in [-0.39, 0.29) is 18.2 Å². The Bertz CT molecular complexity index is 822. The third kappa shape index (κ3) is 4.67. The van der Waals surface area contributed by atoms with Gasteiger partial charge in [0.05, 0.1) is 12.3 Å². The van der Waals surface area contributed by atoms with Crippen LogP contribution < -0.4 is 15.0 Å². The van der Waals surface area contributed by atoms with Crippen molar-refractivity contribution >= 4 is 45.7 Å². The number of imide groups is 1. The molecule has 1 aliphatic rings. The second-order valence-electron chi connectivity index (χ2n) is 5.76. The molecular formula is C18H20N4O3S2. The van der Waals surface area contributed by atoms with E-state index in [1.165, 1.54) is 28.0 Å². The fraction of sp³-hybridized carbons (Fsp3) is 0.333. The van der Waals surface area contributed by atoms with Crippen LogP contribution in [0.3, 0.4) is 0 Å². The molecule has 1 aromatic heterocycles. The number of rotatable bonds is 9. The first-order chi connectivity index (χ1) is 13.1. The number of benzene rings is 1. The van der Waals surface area contributed by atoms with Gasteiger partial charge in [-0.25, -0.2) is 4.90 Å². The van der Waals surface area contributed by atoms with Gasteiger partial charge < -0.3 is 10.1 Å². The van der Waals surface area contributed by atoms with E-state index in [2.05, 4.69) is 22.1 Å². The molecule has 1 aliphatic heterocycles. The predicted octanol–water partition coefficient (Wildman–Crippen LogP) is 3.35. The summed E-state index contributed by atoms with van der Waals surface area (Å²) < 4.78 is 6.19. The minimum absolute atomic E-state index is 0.145. The molecule has 2 heterocycles. The van der Waals surface area contributed by atoms with E-state index in [0.29, 0.717) is 28.3 Å². The van der Waals surface area contributed by atoms with Crippen LogP contribution in [0.15, 0.2) is 41.3 Å². The summed E-state index contributed by atoms with van der Waals surface area (Å²) in [6, 6.07) is 7.01. The number of aromatic nitrogens is 2. The summed E-state index contributed by atoms with van der Waals surface area (Å²) in [7, 11) is 0. The molecule has 0 bridgehead atoms. The van der Waals surface area contributed by atoms with Gasteiger partial charge in [0.15, 0.2) is 4.34 Å². The Morgan fingerprint density at radius 1 is 1.37 bits per heavy atom. The van der Waals surface area contributed by atoms with E-state index in [9.17, 15) is 9.59 Å². The smallest absolute Gasteiger partial charge is 0.247 e. The summed E-state index contributed by atoms with van der Waals surface area (Å²) in [5.74, 6) is 0.274. The molecule has 0 radical (unpaired) electrons. The average Bonchev–Trinajstić information content (AvgIpc) is 3.23. The molecule has 3 rings (SSSR count). The third-order valence-electron chi connectivity index (χ3n) is 3.72. The molecule has 2 amide bonds. The fourth-order valence-corrected chi connectivity index (χ4v) is 4.51. The zero-order valence-corrected chi connectivity index (χ0v) is 16.5. The van der Waals surface area contributed by atoms with Crippen LogP contribution in [0.5, 0.6) is 5.75 Å². The first-order valence-electron chi connectivity index (χ1n) is 8.57. The van der Waals surface area contributed by atoms with Crippen LogP contribution in [0, 0.1) is 0 Å². The molecule has 1 saturated heterocycles. The maximum atomic E-state index is 12.7. The van der Waals surface area contributed by atoms with Crippen molar-refractivity contribution in [3.63, 3.8) is 0 Å². The molecule has 1 aromatic carbocycles. The fourth-order valence-electron chi connectivity index (χ4n) is 2.49. The highest BCUT2D eigenvalue weighted by Gasteiger charge is 2.40. The number of thioether (sulfide) groups is 1. The number of nitrogens with one attached hydrogen (secondary N) is 1. The molecule has 27 heavy (non-hydrogen) atoms. The topological polar surface area (TPSA) is 84.4 Å². The number of carbonyl (C=O) groups excluding carboxylic acids is 2. The summed E-state index contributed by atoms with van der Waals surface area (Å²) >= 11 is 2.63. The van der Waals surface area contributed by atoms with Gasteiger partial charge in [0.1, 0.15) is 11.0 Å². The third-order valence-corrected chi connectivity index (χ3v) is 5.87. The summed E-state index contributed by atoms with van der Waals surface area (Å²) in [5.41, 5.74) is 0.558. The Labute approximate surface area is 165 Å². The first-order valence-corrected chi connectivity index (χ1v) is 10.3. The Kier molecular flexibility index (Phi) is 6.46. The SMILES string of the molecule is C=CCNc1nnc(S[C@@H]2CC(=O)N(c3ccc(OCCC)cc3)C2=O)s1. The molecule has 7 nitrogen and oxygen atoms in total. The zero-order valence-electron chi connectivity index (χ0n) is 14.9. The number of hydrogen-bond acceptors (Lipinski definition) is 8. The number of nitrogens with zero attached hydrogens (tertiary/aromatic N) is 3. The van der Waals surface area contributed by atoms with Gasteiger partial charge in [-0.15, -0.1) is 16.8 Å². The number of carbonyl (C=O) groups is 2. The van der Waals surface area contributed by atoms with E-state index in [1.54, 1.807) is 30.3 Å². The molecule has 0 unspecified atom stereocenters. The minimum atomic E-state index is -0.492. The van der Waals surface area contributed by atoms with Crippen molar-refractivity contribution in [2.75, 3.05) is 23.4 Å². The predicted molar refractivity (Wildman–Crippen MR) is 108 cm³/mol. The Hall–Kier alpha value is -2.39. The van der Waals surface area contributed by atoms with Crippen LogP contribution in [0.1, 0.15) is 19.8 Å². The highest BCUT2D eigenvalue weighted by atomic mass is 32.2. The molecule has 0 spiro atoms. The zero-order chi connectivity index (χ0) is 19.2. The van der Waals surface area contributed by atoms with Gasteiger partial charge in [-0.3, -0.25) is 9.59 Å². The Morgan fingerprint density at radius 2 is 2.15 bits per heavy atom. The lowest BCUT2D eigenvalue weighted by atomic mass is 10.3. The molecule has 0 aliphatic carbocycles. The molecule has 1 N–H and O–H groups in total. The maximum absolute atomic E-state index is 12.7. The lowest BCUT2D eigenvalue weighted by molar-refractivity contribution is -0.121. The summed E-state index contributed by atoms with van der Waals surface area (Å²) in [5, 5.41) is 11.3. The highest BCUT2D eigenvalue weighted by Crippen LogP contribution is 2.36. The van der Waals surface area contributed by atoms with Crippen molar-refractivity contribution in [3.05, 3.63) is 36.9 Å². The second-order valence-corrected chi connectivity index (χ2v) is 8.19. The van der Waals surface area contributed by atoms with Crippen LogP contribution in [-0.4, -0.2) is 40.4 Å². The molecule has 1 fully saturated rings. The van der Waals surface area contributed by atoms with E-state index in [0.717, 1.165) is 12.2 Å². The van der Waals surface area contributed by atoms with Gasteiger partial charge in [-0.1, -0.05) is 36.1 Å². The summed E-state index contributed by atoms with van der Waals surface area (Å²) in [6.45, 7) is 6.89. The largest absolute Gasteiger partial charge is 0.494 e. The minimum Gasteiger partial charge on any atom is -0.494 e. The summed E-state index contributed by atoms with van der Waals surface area (Å²) in [6.07, 6.45) is 2.79. The standard InChI is InChI=1S/C18H20N4O3S2/c1-3-9-19-17-20-21-18(27-17)26-14-11-15(23)22(16(14)24)12-5-7-13(8-6-12)25-10-4-2/h3,5-8,14H,1,4,9-11H2,2H3,(H,19,20)/t14-/m1/s1. The van der Waals surface area contributed by atoms with E-state index in [1.807, 2.05) is 6.92 Å². The quantitative estimate of drug-likeness (QED) is 0.507. The molecular weight excluding hydrogens is 384 g/mol. The number of amides is 2. The van der Waals surface area contributed by atoms with E-state index in [4.69, 9.17) is 4.74 Å². The first kappa shape index (κ1) is 19.4. The van der Waals surface area contributed by atoms with Gasteiger partial charge >= 0.3 is 0 Å². The monoisotopic (exact) mass is 404 g/mol. The van der Waals surface area contributed by atoms with Crippen LogP contribution >= 0.6 is 23.1 Å². The molecule has 9 heteroatoms. The van der Waals surface area contributed by atoms with Crippen LogP contribution in [0.4, 0.5) is 10.8 Å². The van der Waals surface area contributed by atoms with Gasteiger partial charge in [0.25, 0.3) is 0 Å². The Balaban J connectivity index is 1.65. The molecule has 1 atom stereocenters. The average molecular weight is 405 g/mol. The van der Waals surface area contributed by atoms with Gasteiger partial charge in [-0.2, -0.15) is 0 Å². The van der Waals surface area contributed by atoms with Crippen molar-refractivity contribution in [2.24, 2.45) is 0 Å². The number of ether oxygens (including phenoxy) is 1. The van der Waals surface area contributed by atoms with Crippen molar-refractivity contribution in [1.82, 2.24) is 10.2 Å². The van der Waals surface area contributed by atoms with Crippen molar-refractivity contribution < 1.29 is 14.3 Å². The lowest BCUT2D eigenvalue weighted by Crippen LogP contribution is -2.31. The Morgan fingerprint density at radius 3 is 2.85 bits per heavy atom. The maximum Gasteiger partial charge on any atom is 0.247 e. The van der Waals surface area contributed by atoms with Gasteiger partial charge in [-0.05, 0) is 30.7 Å². The van der Waals surface area contributed by atoms with Crippen LogP contribution in [0.2, 0.25) is 0 Å². The van der Waals surface area contributed by atoms with Gasteiger partial charge in [0, 0.05) is 13.0 Å². The van der Waals surface area contributed by atoms with Gasteiger partial charge in [0.2, 0.25) is 16.9 Å². The normalized spacial score (nSPS) is 16.6. The van der Waals surface area contributed by atoms with E-state index >= 15 is 0 Å².